The van der Waals surface area contributed by atoms with E-state index in [0.717, 1.165) is 12.4 Å². The number of aromatic nitrogens is 1. The minimum absolute atomic E-state index is 0.542. The minimum atomic E-state index is 0.542. The number of hydrogen-bond acceptors (Lipinski definition) is 3. The molecule has 1 aromatic rings. The molecule has 1 aromatic heterocycles. The first kappa shape index (κ1) is 10.3. The standard InChI is InChI=1S/C11H12ClN3/c12-9-2-5-11(14-8-9)15(7-1-6-13)10-3-4-10/h2,5,8,10H,1,3-4,7H2. The van der Waals surface area contributed by atoms with Gasteiger partial charge in [0.2, 0.25) is 0 Å². The van der Waals surface area contributed by atoms with Gasteiger partial charge < -0.3 is 4.90 Å². The summed E-state index contributed by atoms with van der Waals surface area (Å²) in [5, 5.41) is 9.24. The van der Waals surface area contributed by atoms with Crippen molar-refractivity contribution in [3.05, 3.63) is 23.4 Å². The maximum Gasteiger partial charge on any atom is 0.128 e. The summed E-state index contributed by atoms with van der Waals surface area (Å²) in [7, 11) is 0. The van der Waals surface area contributed by atoms with Gasteiger partial charge in [0.1, 0.15) is 5.82 Å². The van der Waals surface area contributed by atoms with Crippen LogP contribution in [0.4, 0.5) is 5.82 Å². The minimum Gasteiger partial charge on any atom is -0.353 e. The molecule has 1 fully saturated rings. The second-order valence-electron chi connectivity index (χ2n) is 3.67. The summed E-state index contributed by atoms with van der Waals surface area (Å²) >= 11 is 5.78. The lowest BCUT2D eigenvalue weighted by Gasteiger charge is -2.21. The van der Waals surface area contributed by atoms with Gasteiger partial charge >= 0.3 is 0 Å². The summed E-state index contributed by atoms with van der Waals surface area (Å²) in [5.41, 5.74) is 0. The molecule has 0 unspecified atom stereocenters. The van der Waals surface area contributed by atoms with Gasteiger partial charge in [0, 0.05) is 18.8 Å². The zero-order chi connectivity index (χ0) is 10.7. The van der Waals surface area contributed by atoms with Crippen molar-refractivity contribution in [2.24, 2.45) is 0 Å². The monoisotopic (exact) mass is 221 g/mol. The van der Waals surface area contributed by atoms with E-state index < -0.39 is 0 Å². The lowest BCUT2D eigenvalue weighted by molar-refractivity contribution is 0.778. The highest BCUT2D eigenvalue weighted by Gasteiger charge is 2.29. The van der Waals surface area contributed by atoms with Gasteiger partial charge in [0.05, 0.1) is 17.5 Å². The van der Waals surface area contributed by atoms with E-state index >= 15 is 0 Å². The van der Waals surface area contributed by atoms with Crippen LogP contribution in [0.1, 0.15) is 19.3 Å². The fourth-order valence-corrected chi connectivity index (χ4v) is 1.69. The Morgan fingerprint density at radius 2 is 2.33 bits per heavy atom. The lowest BCUT2D eigenvalue weighted by Crippen LogP contribution is -2.27. The molecule has 0 aromatic carbocycles. The third kappa shape index (κ3) is 2.60. The number of rotatable bonds is 4. The second kappa shape index (κ2) is 4.50. The van der Waals surface area contributed by atoms with Crippen molar-refractivity contribution >= 4 is 17.4 Å². The van der Waals surface area contributed by atoms with Gasteiger partial charge in [-0.25, -0.2) is 4.98 Å². The molecule has 0 amide bonds. The van der Waals surface area contributed by atoms with Crippen LogP contribution in [-0.2, 0) is 0 Å². The van der Waals surface area contributed by atoms with Crippen molar-refractivity contribution in [1.82, 2.24) is 4.98 Å². The maximum atomic E-state index is 8.59. The Bertz CT molecular complexity index is 364. The predicted molar refractivity (Wildman–Crippen MR) is 59.8 cm³/mol. The smallest absolute Gasteiger partial charge is 0.128 e. The van der Waals surface area contributed by atoms with Crippen molar-refractivity contribution in [3.8, 4) is 6.07 Å². The number of halogens is 1. The molecular formula is C11H12ClN3. The molecule has 0 atom stereocenters. The van der Waals surface area contributed by atoms with Gasteiger partial charge in [-0.15, -0.1) is 0 Å². The zero-order valence-electron chi connectivity index (χ0n) is 8.36. The quantitative estimate of drug-likeness (QED) is 0.785. The largest absolute Gasteiger partial charge is 0.353 e. The molecule has 1 heterocycles. The second-order valence-corrected chi connectivity index (χ2v) is 4.10. The van der Waals surface area contributed by atoms with E-state index in [2.05, 4.69) is 16.0 Å². The van der Waals surface area contributed by atoms with Crippen LogP contribution in [-0.4, -0.2) is 17.6 Å². The first-order valence-electron chi connectivity index (χ1n) is 5.06. The van der Waals surface area contributed by atoms with Gasteiger partial charge in [-0.1, -0.05) is 11.6 Å². The first-order valence-corrected chi connectivity index (χ1v) is 5.44. The molecule has 1 saturated carbocycles. The average Bonchev–Trinajstić information content (AvgIpc) is 3.05. The van der Waals surface area contributed by atoms with Crippen LogP contribution in [0.3, 0.4) is 0 Å². The molecule has 0 radical (unpaired) electrons. The fourth-order valence-electron chi connectivity index (χ4n) is 1.58. The normalized spacial score (nSPS) is 14.7. The zero-order valence-corrected chi connectivity index (χ0v) is 9.11. The SMILES string of the molecule is N#CCCN(c1ccc(Cl)cn1)C1CC1. The average molecular weight is 222 g/mol. The molecule has 3 nitrogen and oxygen atoms in total. The van der Waals surface area contributed by atoms with E-state index in [1.165, 1.54) is 12.8 Å². The Hall–Kier alpha value is -1.27. The van der Waals surface area contributed by atoms with E-state index in [-0.39, 0.29) is 0 Å². The summed E-state index contributed by atoms with van der Waals surface area (Å²) in [6.07, 6.45) is 4.60. The van der Waals surface area contributed by atoms with Crippen molar-refractivity contribution in [2.75, 3.05) is 11.4 Å². The predicted octanol–water partition coefficient (Wildman–Crippen LogP) is 2.62. The topological polar surface area (TPSA) is 39.9 Å². The molecule has 0 spiro atoms. The maximum absolute atomic E-state index is 8.59. The molecule has 1 aliphatic rings. The third-order valence-corrected chi connectivity index (χ3v) is 2.68. The van der Waals surface area contributed by atoms with Crippen molar-refractivity contribution < 1.29 is 0 Å². The number of nitriles is 1. The van der Waals surface area contributed by atoms with E-state index in [4.69, 9.17) is 16.9 Å². The Morgan fingerprint density at radius 3 is 2.87 bits per heavy atom. The van der Waals surface area contributed by atoms with Crippen LogP contribution in [0, 0.1) is 11.3 Å². The van der Waals surface area contributed by atoms with Crippen LogP contribution >= 0.6 is 11.6 Å². The van der Waals surface area contributed by atoms with Crippen LogP contribution in [0.5, 0.6) is 0 Å². The van der Waals surface area contributed by atoms with Crippen LogP contribution in [0.25, 0.3) is 0 Å². The lowest BCUT2D eigenvalue weighted by atomic mass is 10.3. The van der Waals surface area contributed by atoms with Crippen molar-refractivity contribution in [1.29, 1.82) is 5.26 Å². The van der Waals surface area contributed by atoms with Gasteiger partial charge in [-0.3, -0.25) is 0 Å². The Kier molecular flexibility index (Phi) is 3.08. The molecule has 2 rings (SSSR count). The fraction of sp³-hybridized carbons (Fsp3) is 0.455. The summed E-state index contributed by atoms with van der Waals surface area (Å²) in [4.78, 5) is 6.47. The van der Waals surface area contributed by atoms with E-state index in [1.54, 1.807) is 6.20 Å². The van der Waals surface area contributed by atoms with Crippen molar-refractivity contribution in [3.63, 3.8) is 0 Å². The molecule has 4 heteroatoms. The highest BCUT2D eigenvalue weighted by Crippen LogP contribution is 2.30. The molecule has 0 bridgehead atoms. The highest BCUT2D eigenvalue weighted by molar-refractivity contribution is 6.30. The van der Waals surface area contributed by atoms with Gasteiger partial charge in [-0.2, -0.15) is 5.26 Å². The number of hydrogen-bond donors (Lipinski definition) is 0. The highest BCUT2D eigenvalue weighted by atomic mass is 35.5. The molecule has 78 valence electrons. The Morgan fingerprint density at radius 1 is 1.53 bits per heavy atom. The summed E-state index contributed by atoms with van der Waals surface area (Å²) in [6, 6.07) is 6.50. The summed E-state index contributed by atoms with van der Waals surface area (Å²) < 4.78 is 0. The van der Waals surface area contributed by atoms with Gasteiger partial charge in [-0.05, 0) is 25.0 Å². The molecule has 0 saturated heterocycles. The van der Waals surface area contributed by atoms with Gasteiger partial charge in [0.15, 0.2) is 0 Å². The Balaban J connectivity index is 2.10. The third-order valence-electron chi connectivity index (χ3n) is 2.46. The molecule has 1 aliphatic carbocycles. The molecule has 15 heavy (non-hydrogen) atoms. The number of nitrogens with zero attached hydrogens (tertiary/aromatic N) is 3. The molecular weight excluding hydrogens is 210 g/mol. The number of anilines is 1. The van der Waals surface area contributed by atoms with Crippen LogP contribution in [0.15, 0.2) is 18.3 Å². The summed E-state index contributed by atoms with van der Waals surface area (Å²) in [5.74, 6) is 0.928. The van der Waals surface area contributed by atoms with Gasteiger partial charge in [0.25, 0.3) is 0 Å². The summed E-state index contributed by atoms with van der Waals surface area (Å²) in [6.45, 7) is 0.760. The van der Waals surface area contributed by atoms with Crippen molar-refractivity contribution in [2.45, 2.75) is 25.3 Å². The Labute approximate surface area is 94.3 Å². The van der Waals surface area contributed by atoms with Crippen LogP contribution < -0.4 is 4.90 Å². The molecule has 0 aliphatic heterocycles. The van der Waals surface area contributed by atoms with E-state index in [0.29, 0.717) is 17.5 Å². The number of pyridine rings is 1. The first-order chi connectivity index (χ1) is 7.31. The van der Waals surface area contributed by atoms with E-state index in [1.807, 2.05) is 12.1 Å². The van der Waals surface area contributed by atoms with Crippen LogP contribution in [0.2, 0.25) is 5.02 Å². The molecule has 0 N–H and O–H groups in total. The van der Waals surface area contributed by atoms with E-state index in [9.17, 15) is 0 Å².